The Morgan fingerprint density at radius 3 is 2.61 bits per heavy atom. The van der Waals surface area contributed by atoms with Gasteiger partial charge < -0.3 is 20.5 Å². The van der Waals surface area contributed by atoms with Crippen LogP contribution in [0.4, 0.5) is 11.5 Å². The highest BCUT2D eigenvalue weighted by Crippen LogP contribution is 2.26. The molecule has 0 aliphatic heterocycles. The summed E-state index contributed by atoms with van der Waals surface area (Å²) in [5.74, 6) is 1.24. The molecule has 0 saturated heterocycles. The van der Waals surface area contributed by atoms with E-state index in [1.807, 2.05) is 38.8 Å². The minimum Gasteiger partial charge on any atom is -0.470 e. The van der Waals surface area contributed by atoms with E-state index in [-0.39, 0.29) is 12.2 Å². The zero-order valence-corrected chi connectivity index (χ0v) is 11.6. The second-order valence-electron chi connectivity index (χ2n) is 5.28. The lowest BCUT2D eigenvalue weighted by atomic mass is 10.2. The molecule has 5 heteroatoms. The largest absolute Gasteiger partial charge is 0.470 e. The molecule has 1 aromatic heterocycles. The molecule has 3 N–H and O–H groups in total. The van der Waals surface area contributed by atoms with Gasteiger partial charge in [-0.2, -0.15) is 4.98 Å². The van der Waals surface area contributed by atoms with Crippen molar-refractivity contribution < 1.29 is 9.84 Å². The maximum Gasteiger partial charge on any atom is 0.239 e. The summed E-state index contributed by atoms with van der Waals surface area (Å²) in [6.07, 6.45) is 0.706. The van der Waals surface area contributed by atoms with Crippen molar-refractivity contribution in [2.24, 2.45) is 0 Å². The van der Waals surface area contributed by atoms with Crippen molar-refractivity contribution in [3.63, 3.8) is 0 Å². The molecule has 0 atom stereocenters. The molecule has 5 nitrogen and oxygen atoms in total. The first kappa shape index (κ1) is 14.6. The zero-order chi connectivity index (χ0) is 13.8. The maximum absolute atomic E-state index is 8.82. The van der Waals surface area contributed by atoms with Gasteiger partial charge >= 0.3 is 0 Å². The highest BCUT2D eigenvalue weighted by molar-refractivity contribution is 5.54. The van der Waals surface area contributed by atoms with E-state index in [2.05, 4.69) is 4.98 Å². The molecule has 0 aliphatic carbocycles. The first-order valence-corrected chi connectivity index (χ1v) is 6.11. The molecular formula is C13H23N3O2. The number of aliphatic hydroxyl groups is 1. The second-order valence-corrected chi connectivity index (χ2v) is 5.28. The van der Waals surface area contributed by atoms with Gasteiger partial charge in [-0.15, -0.1) is 0 Å². The highest BCUT2D eigenvalue weighted by Gasteiger charge is 2.16. The predicted molar refractivity (Wildman–Crippen MR) is 74.0 cm³/mol. The standard InChI is InChI=1S/C13H23N3O2/c1-13(2,3)18-12-10(14)6-7-11(15-12)16(4)8-5-9-17/h6-7,17H,5,8-9,14H2,1-4H3. The van der Waals surface area contributed by atoms with Crippen LogP contribution in [-0.4, -0.2) is 35.9 Å². The van der Waals surface area contributed by atoms with Crippen LogP contribution in [0.2, 0.25) is 0 Å². The molecule has 0 aliphatic rings. The second kappa shape index (κ2) is 5.91. The van der Waals surface area contributed by atoms with Crippen molar-refractivity contribution in [2.45, 2.75) is 32.8 Å². The minimum atomic E-state index is -0.330. The Bertz CT molecular complexity index is 388. The molecule has 0 saturated carbocycles. The highest BCUT2D eigenvalue weighted by atomic mass is 16.5. The molecule has 102 valence electrons. The van der Waals surface area contributed by atoms with E-state index in [0.717, 1.165) is 12.4 Å². The van der Waals surface area contributed by atoms with Crippen molar-refractivity contribution in [3.8, 4) is 5.88 Å². The number of aliphatic hydroxyl groups excluding tert-OH is 1. The summed E-state index contributed by atoms with van der Waals surface area (Å²) in [6, 6.07) is 3.64. The lowest BCUT2D eigenvalue weighted by molar-refractivity contribution is 0.125. The van der Waals surface area contributed by atoms with Gasteiger partial charge in [0.2, 0.25) is 5.88 Å². The van der Waals surface area contributed by atoms with Crippen LogP contribution < -0.4 is 15.4 Å². The first-order valence-electron chi connectivity index (χ1n) is 6.11. The number of aromatic nitrogens is 1. The van der Waals surface area contributed by atoms with E-state index in [1.54, 1.807) is 6.07 Å². The van der Waals surface area contributed by atoms with Gasteiger partial charge in [-0.05, 0) is 39.3 Å². The molecule has 0 radical (unpaired) electrons. The first-order chi connectivity index (χ1) is 8.33. The van der Waals surface area contributed by atoms with Crippen molar-refractivity contribution in [2.75, 3.05) is 30.8 Å². The van der Waals surface area contributed by atoms with Gasteiger partial charge in [-0.1, -0.05) is 0 Å². The van der Waals surface area contributed by atoms with Crippen molar-refractivity contribution in [3.05, 3.63) is 12.1 Å². The summed E-state index contributed by atoms with van der Waals surface area (Å²) >= 11 is 0. The van der Waals surface area contributed by atoms with Crippen LogP contribution >= 0.6 is 0 Å². The summed E-state index contributed by atoms with van der Waals surface area (Å²) in [5.41, 5.74) is 6.05. The third kappa shape index (κ3) is 4.41. The van der Waals surface area contributed by atoms with E-state index in [4.69, 9.17) is 15.6 Å². The average molecular weight is 253 g/mol. The predicted octanol–water partition coefficient (Wildman–Crippen LogP) is 1.66. The lowest BCUT2D eigenvalue weighted by Gasteiger charge is -2.23. The van der Waals surface area contributed by atoms with Gasteiger partial charge in [0, 0.05) is 20.2 Å². The number of hydrogen-bond acceptors (Lipinski definition) is 5. The molecule has 1 aromatic rings. The van der Waals surface area contributed by atoms with Crippen LogP contribution in [0.5, 0.6) is 5.88 Å². The third-order valence-electron chi connectivity index (χ3n) is 2.32. The molecule has 0 unspecified atom stereocenters. The van der Waals surface area contributed by atoms with Crippen molar-refractivity contribution in [1.82, 2.24) is 4.98 Å². The number of nitrogen functional groups attached to an aromatic ring is 1. The number of hydrogen-bond donors (Lipinski definition) is 2. The molecule has 0 fully saturated rings. The van der Waals surface area contributed by atoms with Crippen LogP contribution in [-0.2, 0) is 0 Å². The van der Waals surface area contributed by atoms with Gasteiger partial charge in [-0.3, -0.25) is 0 Å². The molecule has 0 bridgehead atoms. The SMILES string of the molecule is CN(CCCO)c1ccc(N)c(OC(C)(C)C)n1. The number of nitrogens with zero attached hydrogens (tertiary/aromatic N) is 2. The Morgan fingerprint density at radius 2 is 2.06 bits per heavy atom. The fourth-order valence-electron chi connectivity index (χ4n) is 1.45. The number of pyridine rings is 1. The number of ether oxygens (including phenoxy) is 1. The average Bonchev–Trinajstić information content (AvgIpc) is 2.27. The molecule has 18 heavy (non-hydrogen) atoms. The lowest BCUT2D eigenvalue weighted by Crippen LogP contribution is -2.25. The van der Waals surface area contributed by atoms with E-state index in [9.17, 15) is 0 Å². The molecule has 0 amide bonds. The fraction of sp³-hybridized carbons (Fsp3) is 0.615. The maximum atomic E-state index is 8.82. The van der Waals surface area contributed by atoms with Gasteiger partial charge in [0.1, 0.15) is 11.4 Å². The van der Waals surface area contributed by atoms with Gasteiger partial charge in [-0.25, -0.2) is 0 Å². The van der Waals surface area contributed by atoms with Gasteiger partial charge in [0.25, 0.3) is 0 Å². The number of rotatable bonds is 5. The monoisotopic (exact) mass is 253 g/mol. The van der Waals surface area contributed by atoms with E-state index in [0.29, 0.717) is 18.0 Å². The zero-order valence-electron chi connectivity index (χ0n) is 11.6. The molecule has 0 spiro atoms. The van der Waals surface area contributed by atoms with Crippen LogP contribution in [0, 0.1) is 0 Å². The summed E-state index contributed by atoms with van der Waals surface area (Å²) in [6.45, 7) is 6.77. The molecule has 0 aromatic carbocycles. The smallest absolute Gasteiger partial charge is 0.239 e. The van der Waals surface area contributed by atoms with Crippen LogP contribution in [0.1, 0.15) is 27.2 Å². The van der Waals surface area contributed by atoms with Gasteiger partial charge in [0.15, 0.2) is 0 Å². The van der Waals surface area contributed by atoms with E-state index in [1.165, 1.54) is 0 Å². The Morgan fingerprint density at radius 1 is 1.39 bits per heavy atom. The quantitative estimate of drug-likeness (QED) is 0.835. The summed E-state index contributed by atoms with van der Waals surface area (Å²) in [5, 5.41) is 8.82. The summed E-state index contributed by atoms with van der Waals surface area (Å²) in [7, 11) is 1.93. The normalized spacial score (nSPS) is 11.4. The van der Waals surface area contributed by atoms with Crippen molar-refractivity contribution >= 4 is 11.5 Å². The molecular weight excluding hydrogens is 230 g/mol. The summed E-state index contributed by atoms with van der Waals surface area (Å²) in [4.78, 5) is 6.37. The summed E-state index contributed by atoms with van der Waals surface area (Å²) < 4.78 is 5.72. The number of anilines is 2. The minimum absolute atomic E-state index is 0.171. The van der Waals surface area contributed by atoms with E-state index < -0.39 is 0 Å². The Labute approximate surface area is 109 Å². The fourth-order valence-corrected chi connectivity index (χ4v) is 1.45. The number of nitrogens with two attached hydrogens (primary N) is 1. The molecule has 1 rings (SSSR count). The van der Waals surface area contributed by atoms with Crippen LogP contribution in [0.15, 0.2) is 12.1 Å². The van der Waals surface area contributed by atoms with Gasteiger partial charge in [0.05, 0.1) is 5.69 Å². The molecule has 1 heterocycles. The Kier molecular flexibility index (Phi) is 4.78. The van der Waals surface area contributed by atoms with E-state index >= 15 is 0 Å². The Hall–Kier alpha value is -1.49. The van der Waals surface area contributed by atoms with Crippen molar-refractivity contribution in [1.29, 1.82) is 0 Å². The van der Waals surface area contributed by atoms with Crippen LogP contribution in [0.25, 0.3) is 0 Å². The Balaban J connectivity index is 2.86. The topological polar surface area (TPSA) is 71.6 Å². The van der Waals surface area contributed by atoms with Crippen LogP contribution in [0.3, 0.4) is 0 Å². The third-order valence-corrected chi connectivity index (χ3v) is 2.32.